The molecule has 15 heavy (non-hydrogen) atoms. The predicted octanol–water partition coefficient (Wildman–Crippen LogP) is 0.959. The number of hydrogen-bond donors (Lipinski definition) is 1. The van der Waals surface area contributed by atoms with Gasteiger partial charge in [0, 0.05) is 19.7 Å². The standard InChI is InChI=1S/C10H14N4O/c1-7-3-4-15-10(7)9(11)5-8-6-14(2)13-12-8/h3-4,6,9H,5,11H2,1-2H3. The maximum absolute atomic E-state index is 6.01. The number of furan rings is 1. The number of nitrogens with two attached hydrogens (primary N) is 1. The van der Waals surface area contributed by atoms with E-state index in [-0.39, 0.29) is 6.04 Å². The summed E-state index contributed by atoms with van der Waals surface area (Å²) in [6, 6.07) is 1.75. The van der Waals surface area contributed by atoms with Crippen molar-refractivity contribution in [3.8, 4) is 0 Å². The average molecular weight is 206 g/mol. The maximum atomic E-state index is 6.01. The first kappa shape index (κ1) is 9.92. The molecule has 0 bridgehead atoms. The second-order valence-electron chi connectivity index (χ2n) is 3.66. The zero-order valence-corrected chi connectivity index (χ0v) is 8.84. The van der Waals surface area contributed by atoms with Crippen molar-refractivity contribution in [1.29, 1.82) is 0 Å². The van der Waals surface area contributed by atoms with Crippen molar-refractivity contribution < 1.29 is 4.42 Å². The largest absolute Gasteiger partial charge is 0.467 e. The molecular formula is C10H14N4O. The van der Waals surface area contributed by atoms with Gasteiger partial charge >= 0.3 is 0 Å². The Balaban J connectivity index is 2.10. The molecule has 80 valence electrons. The molecule has 1 unspecified atom stereocenters. The van der Waals surface area contributed by atoms with Gasteiger partial charge < -0.3 is 10.2 Å². The topological polar surface area (TPSA) is 69.9 Å². The molecule has 0 aromatic carbocycles. The number of nitrogens with zero attached hydrogens (tertiary/aromatic N) is 3. The Morgan fingerprint density at radius 2 is 2.40 bits per heavy atom. The summed E-state index contributed by atoms with van der Waals surface area (Å²) in [5.41, 5.74) is 7.96. The molecule has 2 rings (SSSR count). The molecule has 0 radical (unpaired) electrons. The lowest BCUT2D eigenvalue weighted by Crippen LogP contribution is -2.13. The molecule has 0 aliphatic heterocycles. The molecule has 5 heteroatoms. The fourth-order valence-electron chi connectivity index (χ4n) is 1.57. The van der Waals surface area contributed by atoms with Gasteiger partial charge in [0.1, 0.15) is 5.76 Å². The van der Waals surface area contributed by atoms with Crippen LogP contribution in [0.15, 0.2) is 22.9 Å². The van der Waals surface area contributed by atoms with Gasteiger partial charge in [-0.25, -0.2) is 0 Å². The molecule has 0 aliphatic rings. The minimum Gasteiger partial charge on any atom is -0.467 e. The molecule has 0 saturated carbocycles. The first-order valence-electron chi connectivity index (χ1n) is 4.81. The molecule has 5 nitrogen and oxygen atoms in total. The van der Waals surface area contributed by atoms with Crippen LogP contribution in [0.1, 0.15) is 23.1 Å². The van der Waals surface area contributed by atoms with Crippen LogP contribution in [0.5, 0.6) is 0 Å². The summed E-state index contributed by atoms with van der Waals surface area (Å²) in [6.07, 6.45) is 4.15. The van der Waals surface area contributed by atoms with Gasteiger partial charge in [-0.15, -0.1) is 5.10 Å². The molecule has 2 N–H and O–H groups in total. The number of rotatable bonds is 3. The monoisotopic (exact) mass is 206 g/mol. The van der Waals surface area contributed by atoms with Crippen LogP contribution < -0.4 is 5.73 Å². The highest BCUT2D eigenvalue weighted by Gasteiger charge is 2.14. The van der Waals surface area contributed by atoms with E-state index in [4.69, 9.17) is 10.2 Å². The van der Waals surface area contributed by atoms with E-state index >= 15 is 0 Å². The van der Waals surface area contributed by atoms with Crippen molar-refractivity contribution in [3.05, 3.63) is 35.5 Å². The lowest BCUT2D eigenvalue weighted by molar-refractivity contribution is 0.460. The van der Waals surface area contributed by atoms with Crippen molar-refractivity contribution in [2.75, 3.05) is 0 Å². The van der Waals surface area contributed by atoms with E-state index in [2.05, 4.69) is 10.3 Å². The Morgan fingerprint density at radius 3 is 2.93 bits per heavy atom. The van der Waals surface area contributed by atoms with Gasteiger partial charge in [-0.3, -0.25) is 4.68 Å². The Morgan fingerprint density at radius 1 is 1.60 bits per heavy atom. The summed E-state index contributed by atoms with van der Waals surface area (Å²) in [4.78, 5) is 0. The van der Waals surface area contributed by atoms with Crippen molar-refractivity contribution in [2.24, 2.45) is 12.8 Å². The molecule has 2 heterocycles. The van der Waals surface area contributed by atoms with Crippen LogP contribution in [-0.4, -0.2) is 15.0 Å². The summed E-state index contributed by atoms with van der Waals surface area (Å²) < 4.78 is 6.99. The van der Waals surface area contributed by atoms with Crippen LogP contribution in [0.3, 0.4) is 0 Å². The Kier molecular flexibility index (Phi) is 2.55. The van der Waals surface area contributed by atoms with Crippen LogP contribution in [0.25, 0.3) is 0 Å². The van der Waals surface area contributed by atoms with Gasteiger partial charge in [-0.1, -0.05) is 5.21 Å². The zero-order valence-electron chi connectivity index (χ0n) is 8.84. The lowest BCUT2D eigenvalue weighted by atomic mass is 10.1. The summed E-state index contributed by atoms with van der Waals surface area (Å²) in [5, 5.41) is 7.84. The van der Waals surface area contributed by atoms with Crippen LogP contribution in [0.4, 0.5) is 0 Å². The van der Waals surface area contributed by atoms with Gasteiger partial charge in [0.2, 0.25) is 0 Å². The Labute approximate surface area is 87.9 Å². The van der Waals surface area contributed by atoms with Gasteiger partial charge in [-0.2, -0.15) is 0 Å². The third-order valence-electron chi connectivity index (χ3n) is 2.32. The second-order valence-corrected chi connectivity index (χ2v) is 3.66. The molecule has 0 saturated heterocycles. The van der Waals surface area contributed by atoms with Crippen LogP contribution in [0, 0.1) is 6.92 Å². The highest BCUT2D eigenvalue weighted by atomic mass is 16.3. The van der Waals surface area contributed by atoms with E-state index < -0.39 is 0 Å². The normalized spacial score (nSPS) is 13.0. The van der Waals surface area contributed by atoms with Crippen molar-refractivity contribution in [2.45, 2.75) is 19.4 Å². The van der Waals surface area contributed by atoms with E-state index in [9.17, 15) is 0 Å². The molecule has 2 aromatic heterocycles. The zero-order chi connectivity index (χ0) is 10.8. The quantitative estimate of drug-likeness (QED) is 0.812. The Bertz CT molecular complexity index is 446. The van der Waals surface area contributed by atoms with E-state index in [0.29, 0.717) is 6.42 Å². The summed E-state index contributed by atoms with van der Waals surface area (Å²) in [5.74, 6) is 0.820. The van der Waals surface area contributed by atoms with E-state index in [1.54, 1.807) is 10.9 Å². The maximum Gasteiger partial charge on any atom is 0.123 e. The highest BCUT2D eigenvalue weighted by Crippen LogP contribution is 2.19. The lowest BCUT2D eigenvalue weighted by Gasteiger charge is -2.07. The summed E-state index contributed by atoms with van der Waals surface area (Å²) in [7, 11) is 1.83. The van der Waals surface area contributed by atoms with Crippen molar-refractivity contribution >= 4 is 0 Å². The third kappa shape index (κ3) is 2.07. The number of aromatic nitrogens is 3. The van der Waals surface area contributed by atoms with E-state index in [1.165, 1.54) is 0 Å². The molecule has 0 amide bonds. The fraction of sp³-hybridized carbons (Fsp3) is 0.400. The summed E-state index contributed by atoms with van der Waals surface area (Å²) >= 11 is 0. The van der Waals surface area contributed by atoms with Crippen LogP contribution in [-0.2, 0) is 13.5 Å². The average Bonchev–Trinajstić information content (AvgIpc) is 2.75. The second kappa shape index (κ2) is 3.86. The minimum atomic E-state index is -0.156. The first-order chi connectivity index (χ1) is 7.16. The van der Waals surface area contributed by atoms with Crippen molar-refractivity contribution in [3.63, 3.8) is 0 Å². The molecular weight excluding hydrogens is 192 g/mol. The first-order valence-corrected chi connectivity index (χ1v) is 4.81. The van der Waals surface area contributed by atoms with Gasteiger partial charge in [-0.05, 0) is 18.6 Å². The number of aryl methyl sites for hydroxylation is 2. The molecule has 0 aliphatic carbocycles. The molecule has 0 spiro atoms. The van der Waals surface area contributed by atoms with E-state index in [0.717, 1.165) is 17.0 Å². The van der Waals surface area contributed by atoms with Gasteiger partial charge in [0.25, 0.3) is 0 Å². The molecule has 2 aromatic rings. The Hall–Kier alpha value is -1.62. The van der Waals surface area contributed by atoms with Crippen molar-refractivity contribution in [1.82, 2.24) is 15.0 Å². The third-order valence-corrected chi connectivity index (χ3v) is 2.32. The molecule has 1 atom stereocenters. The summed E-state index contributed by atoms with van der Waals surface area (Å²) in [6.45, 7) is 1.98. The van der Waals surface area contributed by atoms with Crippen LogP contribution in [0.2, 0.25) is 0 Å². The SMILES string of the molecule is Cc1ccoc1C(N)Cc1cn(C)nn1. The minimum absolute atomic E-state index is 0.156. The fourth-order valence-corrected chi connectivity index (χ4v) is 1.57. The highest BCUT2D eigenvalue weighted by molar-refractivity contribution is 5.19. The van der Waals surface area contributed by atoms with E-state index in [1.807, 2.05) is 26.2 Å². The van der Waals surface area contributed by atoms with Gasteiger partial charge in [0.05, 0.1) is 18.0 Å². The van der Waals surface area contributed by atoms with Crippen LogP contribution >= 0.6 is 0 Å². The van der Waals surface area contributed by atoms with Gasteiger partial charge in [0.15, 0.2) is 0 Å². The predicted molar refractivity (Wildman–Crippen MR) is 55.1 cm³/mol. The molecule has 0 fully saturated rings. The smallest absolute Gasteiger partial charge is 0.123 e. The number of hydrogen-bond acceptors (Lipinski definition) is 4.